The number of likely N-dealkylation sites (N-methyl/N-ethyl adjacent to an activating group) is 1. The molecule has 6 nitrogen and oxygen atoms in total. The number of rotatable bonds is 6. The Labute approximate surface area is 129 Å². The topological polar surface area (TPSA) is 87.3 Å². The van der Waals surface area contributed by atoms with Gasteiger partial charge in [0.15, 0.2) is 0 Å². The first-order chi connectivity index (χ1) is 10.5. The van der Waals surface area contributed by atoms with Crippen LogP contribution in [0.25, 0.3) is 0 Å². The van der Waals surface area contributed by atoms with E-state index in [2.05, 4.69) is 16.0 Å². The van der Waals surface area contributed by atoms with Crippen LogP contribution < -0.4 is 16.0 Å². The largest absolute Gasteiger partial charge is 0.350 e. The number of hydrogen-bond acceptors (Lipinski definition) is 4. The van der Waals surface area contributed by atoms with E-state index in [9.17, 15) is 14.4 Å². The molecule has 1 heterocycles. The van der Waals surface area contributed by atoms with Crippen LogP contribution in [-0.4, -0.2) is 37.4 Å². The van der Waals surface area contributed by atoms with E-state index in [-0.39, 0.29) is 36.1 Å². The monoisotopic (exact) mass is 303 g/mol. The van der Waals surface area contributed by atoms with Crippen molar-refractivity contribution < 1.29 is 14.4 Å². The van der Waals surface area contributed by atoms with Gasteiger partial charge in [0.2, 0.25) is 11.8 Å². The molecular formula is C16H21N3O3. The van der Waals surface area contributed by atoms with Gasteiger partial charge in [0, 0.05) is 24.6 Å². The van der Waals surface area contributed by atoms with E-state index in [1.165, 1.54) is 0 Å². The molecule has 2 atom stereocenters. The maximum atomic E-state index is 12.0. The zero-order chi connectivity index (χ0) is 16.1. The number of amides is 3. The zero-order valence-electron chi connectivity index (χ0n) is 12.8. The van der Waals surface area contributed by atoms with Gasteiger partial charge in [-0.15, -0.1) is 0 Å². The van der Waals surface area contributed by atoms with E-state index in [0.29, 0.717) is 18.5 Å². The minimum Gasteiger partial charge on any atom is -0.350 e. The van der Waals surface area contributed by atoms with Crippen LogP contribution in [0.5, 0.6) is 0 Å². The SMILES string of the molecule is CNC(C)CNC(=O)c1ccc(CC2CC(=O)NC2=O)cc1. The first-order valence-electron chi connectivity index (χ1n) is 7.37. The summed E-state index contributed by atoms with van der Waals surface area (Å²) < 4.78 is 0. The van der Waals surface area contributed by atoms with Gasteiger partial charge >= 0.3 is 0 Å². The Morgan fingerprint density at radius 1 is 1.32 bits per heavy atom. The summed E-state index contributed by atoms with van der Waals surface area (Å²) in [4.78, 5) is 34.7. The summed E-state index contributed by atoms with van der Waals surface area (Å²) in [6.07, 6.45) is 0.749. The van der Waals surface area contributed by atoms with Crippen molar-refractivity contribution in [1.82, 2.24) is 16.0 Å². The fraction of sp³-hybridized carbons (Fsp3) is 0.438. The smallest absolute Gasteiger partial charge is 0.251 e. The summed E-state index contributed by atoms with van der Waals surface area (Å²) in [6, 6.07) is 7.34. The average molecular weight is 303 g/mol. The van der Waals surface area contributed by atoms with Gasteiger partial charge in [-0.2, -0.15) is 0 Å². The molecule has 1 aromatic carbocycles. The second-order valence-corrected chi connectivity index (χ2v) is 5.61. The lowest BCUT2D eigenvalue weighted by Gasteiger charge is -2.12. The van der Waals surface area contributed by atoms with Crippen molar-refractivity contribution in [3.8, 4) is 0 Å². The van der Waals surface area contributed by atoms with Gasteiger partial charge in [-0.25, -0.2) is 0 Å². The highest BCUT2D eigenvalue weighted by molar-refractivity contribution is 6.03. The molecule has 22 heavy (non-hydrogen) atoms. The molecule has 1 aliphatic rings. The predicted molar refractivity (Wildman–Crippen MR) is 82.3 cm³/mol. The lowest BCUT2D eigenvalue weighted by Crippen LogP contribution is -2.37. The standard InChI is InChI=1S/C16H21N3O3/c1-10(17-2)9-18-15(21)12-5-3-11(4-6-12)7-13-8-14(20)19-16(13)22/h3-6,10,13,17H,7-9H2,1-2H3,(H,18,21)(H,19,20,22). The van der Waals surface area contributed by atoms with Crippen LogP contribution in [0.4, 0.5) is 0 Å². The summed E-state index contributed by atoms with van der Waals surface area (Å²) in [6.45, 7) is 2.54. The van der Waals surface area contributed by atoms with Crippen molar-refractivity contribution >= 4 is 17.7 Å². The first-order valence-corrected chi connectivity index (χ1v) is 7.37. The maximum absolute atomic E-state index is 12.0. The molecule has 0 aromatic heterocycles. The van der Waals surface area contributed by atoms with E-state index >= 15 is 0 Å². The molecule has 0 radical (unpaired) electrons. The first kappa shape index (κ1) is 16.2. The molecule has 3 N–H and O–H groups in total. The zero-order valence-corrected chi connectivity index (χ0v) is 12.8. The molecule has 0 bridgehead atoms. The van der Waals surface area contributed by atoms with E-state index in [1.54, 1.807) is 12.1 Å². The Kier molecular flexibility index (Phi) is 5.27. The third kappa shape index (κ3) is 4.14. The number of carbonyl (C=O) groups excluding carboxylic acids is 3. The molecule has 2 rings (SSSR count). The number of benzene rings is 1. The highest BCUT2D eigenvalue weighted by atomic mass is 16.2. The molecule has 3 amide bonds. The van der Waals surface area contributed by atoms with Crippen molar-refractivity contribution in [2.24, 2.45) is 5.92 Å². The van der Waals surface area contributed by atoms with Crippen molar-refractivity contribution in [2.75, 3.05) is 13.6 Å². The predicted octanol–water partition coefficient (Wildman–Crippen LogP) is 0.230. The van der Waals surface area contributed by atoms with Gasteiger partial charge in [-0.3, -0.25) is 19.7 Å². The van der Waals surface area contributed by atoms with Crippen molar-refractivity contribution in [1.29, 1.82) is 0 Å². The lowest BCUT2D eigenvalue weighted by molar-refractivity contribution is -0.125. The van der Waals surface area contributed by atoms with Crippen molar-refractivity contribution in [2.45, 2.75) is 25.8 Å². The molecule has 0 aliphatic carbocycles. The van der Waals surface area contributed by atoms with Crippen LogP contribution in [0, 0.1) is 5.92 Å². The van der Waals surface area contributed by atoms with Crippen LogP contribution in [0.2, 0.25) is 0 Å². The van der Waals surface area contributed by atoms with Crippen LogP contribution >= 0.6 is 0 Å². The van der Waals surface area contributed by atoms with Crippen LogP contribution in [0.1, 0.15) is 29.3 Å². The van der Waals surface area contributed by atoms with E-state index in [4.69, 9.17) is 0 Å². The maximum Gasteiger partial charge on any atom is 0.251 e. The molecule has 6 heteroatoms. The summed E-state index contributed by atoms with van der Waals surface area (Å²) in [5.41, 5.74) is 1.52. The third-order valence-electron chi connectivity index (χ3n) is 3.83. The summed E-state index contributed by atoms with van der Waals surface area (Å²) in [5.74, 6) is -0.858. The molecule has 0 spiro atoms. The molecule has 1 aromatic rings. The second-order valence-electron chi connectivity index (χ2n) is 5.61. The number of nitrogens with one attached hydrogen (secondary N) is 3. The van der Waals surface area contributed by atoms with Crippen LogP contribution in [0.15, 0.2) is 24.3 Å². The van der Waals surface area contributed by atoms with E-state index in [0.717, 1.165) is 5.56 Å². The Morgan fingerprint density at radius 2 is 2.00 bits per heavy atom. The molecule has 118 valence electrons. The molecular weight excluding hydrogens is 282 g/mol. The lowest BCUT2D eigenvalue weighted by atomic mass is 9.97. The Bertz CT molecular complexity index is 569. The van der Waals surface area contributed by atoms with Gasteiger partial charge < -0.3 is 10.6 Å². The Morgan fingerprint density at radius 3 is 2.55 bits per heavy atom. The minimum absolute atomic E-state index is 0.123. The number of imide groups is 1. The van der Waals surface area contributed by atoms with Crippen LogP contribution in [0.3, 0.4) is 0 Å². The second kappa shape index (κ2) is 7.17. The molecule has 2 unspecified atom stereocenters. The van der Waals surface area contributed by atoms with Gasteiger partial charge in [0.1, 0.15) is 0 Å². The fourth-order valence-electron chi connectivity index (χ4n) is 2.30. The van der Waals surface area contributed by atoms with E-state index in [1.807, 2.05) is 26.1 Å². The average Bonchev–Trinajstić information content (AvgIpc) is 2.82. The number of carbonyl (C=O) groups is 3. The third-order valence-corrected chi connectivity index (χ3v) is 3.83. The molecule has 1 saturated heterocycles. The molecule has 0 saturated carbocycles. The van der Waals surface area contributed by atoms with E-state index < -0.39 is 0 Å². The molecule has 1 fully saturated rings. The Balaban J connectivity index is 1.91. The highest BCUT2D eigenvalue weighted by Gasteiger charge is 2.30. The Hall–Kier alpha value is -2.21. The van der Waals surface area contributed by atoms with Gasteiger partial charge in [-0.05, 0) is 38.1 Å². The molecule has 1 aliphatic heterocycles. The van der Waals surface area contributed by atoms with Crippen molar-refractivity contribution in [3.63, 3.8) is 0 Å². The minimum atomic E-state index is -0.302. The summed E-state index contributed by atoms with van der Waals surface area (Å²) in [5, 5.41) is 8.20. The van der Waals surface area contributed by atoms with Crippen molar-refractivity contribution in [3.05, 3.63) is 35.4 Å². The normalized spacial score (nSPS) is 18.9. The van der Waals surface area contributed by atoms with Crippen LogP contribution in [-0.2, 0) is 16.0 Å². The summed E-state index contributed by atoms with van der Waals surface area (Å²) in [7, 11) is 1.84. The summed E-state index contributed by atoms with van der Waals surface area (Å²) >= 11 is 0. The number of hydrogen-bond donors (Lipinski definition) is 3. The highest BCUT2D eigenvalue weighted by Crippen LogP contribution is 2.17. The van der Waals surface area contributed by atoms with Gasteiger partial charge in [0.25, 0.3) is 5.91 Å². The van der Waals surface area contributed by atoms with Gasteiger partial charge in [0.05, 0.1) is 5.92 Å². The van der Waals surface area contributed by atoms with Gasteiger partial charge in [-0.1, -0.05) is 12.1 Å². The fourth-order valence-corrected chi connectivity index (χ4v) is 2.30. The quantitative estimate of drug-likeness (QED) is 0.657.